The average molecular weight is 583 g/mol. The van der Waals surface area contributed by atoms with E-state index < -0.39 is 17.9 Å². The third kappa shape index (κ3) is 8.28. The number of amides is 2. The van der Waals surface area contributed by atoms with Gasteiger partial charge in [-0.3, -0.25) is 9.59 Å². The van der Waals surface area contributed by atoms with Crippen molar-refractivity contribution in [2.75, 3.05) is 18.0 Å². The summed E-state index contributed by atoms with van der Waals surface area (Å²) in [5.41, 5.74) is 16.5. The molecule has 1 aromatic heterocycles. The van der Waals surface area contributed by atoms with Gasteiger partial charge in [-0.25, -0.2) is 9.78 Å². The zero-order valence-electron chi connectivity index (χ0n) is 24.7. The minimum atomic E-state index is -1.13. The average Bonchev–Trinajstić information content (AvgIpc) is 2.97. The van der Waals surface area contributed by atoms with Crippen LogP contribution in [0.5, 0.6) is 0 Å². The van der Waals surface area contributed by atoms with Gasteiger partial charge in [0.2, 0.25) is 5.95 Å². The quantitative estimate of drug-likeness (QED) is 0.163. The van der Waals surface area contributed by atoms with E-state index >= 15 is 0 Å². The maximum Gasteiger partial charge on any atom is 0.326 e. The van der Waals surface area contributed by atoms with Gasteiger partial charge in [-0.15, -0.1) is 0 Å². The third-order valence-electron chi connectivity index (χ3n) is 7.30. The van der Waals surface area contributed by atoms with Gasteiger partial charge < -0.3 is 27.2 Å². The first-order valence-corrected chi connectivity index (χ1v) is 14.2. The lowest BCUT2D eigenvalue weighted by Crippen LogP contribution is -2.41. The Morgan fingerprint density at radius 2 is 1.44 bits per heavy atom. The Balaban J connectivity index is 1.25. The van der Waals surface area contributed by atoms with Gasteiger partial charge in [0.05, 0.1) is 5.52 Å². The van der Waals surface area contributed by atoms with Crippen LogP contribution in [0.25, 0.3) is 10.9 Å². The van der Waals surface area contributed by atoms with Gasteiger partial charge in [-0.05, 0) is 84.2 Å². The highest BCUT2D eigenvalue weighted by atomic mass is 16.4. The monoisotopic (exact) mass is 582 g/mol. The molecule has 0 saturated heterocycles. The predicted molar refractivity (Wildman–Crippen MR) is 168 cm³/mol. The van der Waals surface area contributed by atoms with Gasteiger partial charge in [0, 0.05) is 23.1 Å². The summed E-state index contributed by atoms with van der Waals surface area (Å²) in [5, 5.41) is 15.8. The fourth-order valence-electron chi connectivity index (χ4n) is 4.72. The molecular formula is C33H38N6O4. The molecule has 0 bridgehead atoms. The number of aryl methyl sites for hydroxylation is 2. The molecule has 1 atom stereocenters. The van der Waals surface area contributed by atoms with Gasteiger partial charge in [0.15, 0.2) is 0 Å². The number of aromatic nitrogens is 2. The summed E-state index contributed by atoms with van der Waals surface area (Å²) in [6.45, 7) is 6.61. The number of nitrogens with two attached hydrogens (primary N) is 2. The van der Waals surface area contributed by atoms with Crippen molar-refractivity contribution in [1.29, 1.82) is 0 Å². The molecule has 1 heterocycles. The van der Waals surface area contributed by atoms with Crippen LogP contribution in [-0.2, 0) is 23.1 Å². The SMILES string of the molecule is CC(C)(C)c1ccc(C(=O)NCCC[C@H](NC(=O)c2ccc(CCc3ccc4nc(N)nc(N)c4c3)cc2)C(=O)O)cc1. The molecule has 0 fully saturated rings. The highest BCUT2D eigenvalue weighted by Crippen LogP contribution is 2.23. The molecule has 43 heavy (non-hydrogen) atoms. The number of aliphatic carboxylic acids is 1. The summed E-state index contributed by atoms with van der Waals surface area (Å²) >= 11 is 0. The van der Waals surface area contributed by atoms with E-state index in [1.807, 2.05) is 42.5 Å². The number of carbonyl (C=O) groups excluding carboxylic acids is 2. The zero-order chi connectivity index (χ0) is 31.1. The molecule has 0 aliphatic carbocycles. The third-order valence-corrected chi connectivity index (χ3v) is 7.30. The number of carboxylic acids is 1. The number of nitrogens with one attached hydrogen (secondary N) is 2. The van der Waals surface area contributed by atoms with Gasteiger partial charge in [-0.1, -0.05) is 51.1 Å². The molecular weight excluding hydrogens is 544 g/mol. The van der Waals surface area contributed by atoms with Gasteiger partial charge in [0.25, 0.3) is 11.8 Å². The molecule has 4 rings (SSSR count). The van der Waals surface area contributed by atoms with E-state index in [-0.39, 0.29) is 23.7 Å². The number of benzene rings is 3. The topological polar surface area (TPSA) is 173 Å². The Kier molecular flexibility index (Phi) is 9.59. The summed E-state index contributed by atoms with van der Waals surface area (Å²) in [6, 6.07) is 19.2. The Bertz CT molecular complexity index is 1610. The Morgan fingerprint density at radius 1 is 0.837 bits per heavy atom. The summed E-state index contributed by atoms with van der Waals surface area (Å²) in [4.78, 5) is 45.3. The first-order chi connectivity index (χ1) is 20.4. The van der Waals surface area contributed by atoms with Crippen molar-refractivity contribution in [2.24, 2.45) is 0 Å². The molecule has 224 valence electrons. The minimum Gasteiger partial charge on any atom is -0.480 e. The molecule has 0 aliphatic rings. The van der Waals surface area contributed by atoms with Crippen LogP contribution in [0.2, 0.25) is 0 Å². The van der Waals surface area contributed by atoms with Crippen molar-refractivity contribution in [3.8, 4) is 0 Å². The van der Waals surface area contributed by atoms with Gasteiger partial charge in [-0.2, -0.15) is 4.98 Å². The van der Waals surface area contributed by atoms with E-state index in [2.05, 4.69) is 41.4 Å². The number of nitrogen functional groups attached to an aromatic ring is 2. The second-order valence-electron chi connectivity index (χ2n) is 11.6. The van der Waals surface area contributed by atoms with E-state index in [1.165, 1.54) is 0 Å². The Hall–Kier alpha value is -4.99. The second kappa shape index (κ2) is 13.3. The first kappa shape index (κ1) is 31.0. The number of fused-ring (bicyclic) bond motifs is 1. The lowest BCUT2D eigenvalue weighted by molar-refractivity contribution is -0.139. The van der Waals surface area contributed by atoms with Crippen LogP contribution < -0.4 is 22.1 Å². The van der Waals surface area contributed by atoms with E-state index in [9.17, 15) is 19.5 Å². The lowest BCUT2D eigenvalue weighted by Gasteiger charge is -2.19. The standard InChI is InChI=1S/C33H38N6O4/c1-33(2,3)24-15-13-22(14-16-24)29(40)36-18-4-5-27(31(42)43)37-30(41)23-11-8-20(9-12-23)6-7-21-10-17-26-25(19-21)28(34)39-32(35)38-26/h8-17,19,27H,4-7,18H2,1-3H3,(H,36,40)(H,37,41)(H,42,43)(H4,34,35,38,39)/t27-/m0/s1. The summed E-state index contributed by atoms with van der Waals surface area (Å²) in [7, 11) is 0. The highest BCUT2D eigenvalue weighted by Gasteiger charge is 2.21. The van der Waals surface area contributed by atoms with E-state index in [1.54, 1.807) is 24.3 Å². The van der Waals surface area contributed by atoms with Crippen molar-refractivity contribution >= 4 is 40.5 Å². The summed E-state index contributed by atoms with van der Waals surface area (Å²) in [5.74, 6) is -1.34. The number of carboxylic acid groups (broad SMARTS) is 1. The molecule has 0 aliphatic heterocycles. The zero-order valence-corrected chi connectivity index (χ0v) is 24.7. The van der Waals surface area contributed by atoms with E-state index in [0.717, 1.165) is 34.9 Å². The smallest absolute Gasteiger partial charge is 0.326 e. The number of hydrogen-bond acceptors (Lipinski definition) is 7. The van der Waals surface area contributed by atoms with Crippen molar-refractivity contribution < 1.29 is 19.5 Å². The van der Waals surface area contributed by atoms with Crippen LogP contribution in [0.15, 0.2) is 66.7 Å². The number of anilines is 2. The molecule has 10 nitrogen and oxygen atoms in total. The largest absolute Gasteiger partial charge is 0.480 e. The number of carbonyl (C=O) groups is 3. The normalized spacial score (nSPS) is 12.1. The number of nitrogens with zero attached hydrogens (tertiary/aromatic N) is 2. The molecule has 7 N–H and O–H groups in total. The van der Waals surface area contributed by atoms with Crippen molar-refractivity contribution in [3.05, 3.63) is 94.5 Å². The van der Waals surface area contributed by atoms with Crippen LogP contribution in [-0.4, -0.2) is 45.4 Å². The molecule has 0 spiro atoms. The molecule has 0 saturated carbocycles. The van der Waals surface area contributed by atoms with Crippen molar-refractivity contribution in [2.45, 2.75) is 57.9 Å². The molecule has 2 amide bonds. The van der Waals surface area contributed by atoms with E-state index in [0.29, 0.717) is 35.4 Å². The Labute approximate surface area is 250 Å². The Morgan fingerprint density at radius 3 is 2.09 bits per heavy atom. The summed E-state index contributed by atoms with van der Waals surface area (Å²) < 4.78 is 0. The summed E-state index contributed by atoms with van der Waals surface area (Å²) in [6.07, 6.45) is 2.04. The molecule has 0 radical (unpaired) electrons. The highest BCUT2D eigenvalue weighted by molar-refractivity contribution is 5.96. The van der Waals surface area contributed by atoms with Crippen molar-refractivity contribution in [1.82, 2.24) is 20.6 Å². The van der Waals surface area contributed by atoms with Crippen LogP contribution in [0, 0.1) is 0 Å². The van der Waals surface area contributed by atoms with Crippen LogP contribution in [0.4, 0.5) is 11.8 Å². The second-order valence-corrected chi connectivity index (χ2v) is 11.6. The number of hydrogen-bond donors (Lipinski definition) is 5. The van der Waals surface area contributed by atoms with Crippen molar-refractivity contribution in [3.63, 3.8) is 0 Å². The number of rotatable bonds is 11. The van der Waals surface area contributed by atoms with Crippen LogP contribution in [0.3, 0.4) is 0 Å². The maximum absolute atomic E-state index is 12.8. The lowest BCUT2D eigenvalue weighted by atomic mass is 9.87. The van der Waals surface area contributed by atoms with E-state index in [4.69, 9.17) is 11.5 Å². The maximum atomic E-state index is 12.8. The van der Waals surface area contributed by atoms with Gasteiger partial charge >= 0.3 is 5.97 Å². The molecule has 0 unspecified atom stereocenters. The first-order valence-electron chi connectivity index (χ1n) is 14.2. The van der Waals surface area contributed by atoms with Crippen LogP contribution in [0.1, 0.15) is 71.0 Å². The van der Waals surface area contributed by atoms with Crippen LogP contribution >= 0.6 is 0 Å². The fourth-order valence-corrected chi connectivity index (χ4v) is 4.72. The molecule has 3 aromatic carbocycles. The molecule has 4 aromatic rings. The molecule has 10 heteroatoms. The minimum absolute atomic E-state index is 0.00544. The van der Waals surface area contributed by atoms with Gasteiger partial charge in [0.1, 0.15) is 11.9 Å². The fraction of sp³-hybridized carbons (Fsp3) is 0.303. The predicted octanol–water partition coefficient (Wildman–Crippen LogP) is 4.27.